The van der Waals surface area contributed by atoms with E-state index in [9.17, 15) is 0 Å². The molecule has 0 aliphatic carbocycles. The Balaban J connectivity index is 0.00000288. The molecule has 8 heteroatoms. The number of halogens is 3. The lowest BCUT2D eigenvalue weighted by molar-refractivity contribution is 0.871. The van der Waals surface area contributed by atoms with Gasteiger partial charge >= 0.3 is 0 Å². The van der Waals surface area contributed by atoms with Gasteiger partial charge in [-0.2, -0.15) is 0 Å². The number of hydrogen-bond donors (Lipinski definition) is 3. The van der Waals surface area contributed by atoms with E-state index in [-0.39, 0.29) is 24.0 Å². The van der Waals surface area contributed by atoms with Gasteiger partial charge in [0.2, 0.25) is 0 Å². The Labute approximate surface area is 169 Å². The summed E-state index contributed by atoms with van der Waals surface area (Å²) in [5.74, 6) is 1.02. The van der Waals surface area contributed by atoms with Crippen molar-refractivity contribution in [3.05, 3.63) is 58.2 Å². The number of rotatable bonds is 7. The predicted octanol–water partition coefficient (Wildman–Crippen LogP) is 3.57. The molecule has 0 fully saturated rings. The number of benzene rings is 1. The molecule has 24 heavy (non-hydrogen) atoms. The molecule has 0 bridgehead atoms. The van der Waals surface area contributed by atoms with Crippen LogP contribution in [0, 0.1) is 0 Å². The standard InChI is InChI=1S/C16H19Cl2N5.HI/c17-13-10-14(18)15(23-11-13)20-8-9-22-16(19)21-7-6-12-4-2-1-3-5-12;/h1-5,10-11H,6-9H2,(H,20,23)(H3,19,21,22);1H. The summed E-state index contributed by atoms with van der Waals surface area (Å²) < 4.78 is 0. The summed E-state index contributed by atoms with van der Waals surface area (Å²) in [6.45, 7) is 1.88. The highest BCUT2D eigenvalue weighted by atomic mass is 127. The van der Waals surface area contributed by atoms with Crippen LogP contribution >= 0.6 is 47.2 Å². The maximum Gasteiger partial charge on any atom is 0.188 e. The minimum absolute atomic E-state index is 0. The van der Waals surface area contributed by atoms with Crippen LogP contribution in [0.2, 0.25) is 10.0 Å². The van der Waals surface area contributed by atoms with Crippen LogP contribution in [0.1, 0.15) is 5.56 Å². The van der Waals surface area contributed by atoms with Crippen molar-refractivity contribution in [2.75, 3.05) is 25.0 Å². The molecule has 1 aromatic heterocycles. The molecule has 4 N–H and O–H groups in total. The Kier molecular flexibility index (Phi) is 9.82. The monoisotopic (exact) mass is 479 g/mol. The highest BCUT2D eigenvalue weighted by Crippen LogP contribution is 2.21. The average Bonchev–Trinajstić information content (AvgIpc) is 2.54. The molecule has 2 rings (SSSR count). The Morgan fingerprint density at radius 1 is 1.17 bits per heavy atom. The number of nitrogens with one attached hydrogen (secondary N) is 2. The molecule has 0 aliphatic rings. The largest absolute Gasteiger partial charge is 0.370 e. The number of guanidine groups is 1. The number of nitrogens with zero attached hydrogens (tertiary/aromatic N) is 2. The van der Waals surface area contributed by atoms with Crippen LogP contribution in [-0.4, -0.2) is 30.6 Å². The van der Waals surface area contributed by atoms with E-state index in [0.29, 0.717) is 41.5 Å². The Morgan fingerprint density at radius 2 is 1.92 bits per heavy atom. The molecule has 0 spiro atoms. The van der Waals surface area contributed by atoms with Crippen LogP contribution in [0.15, 0.2) is 47.6 Å². The second kappa shape index (κ2) is 11.3. The third-order valence-electron chi connectivity index (χ3n) is 3.06. The van der Waals surface area contributed by atoms with Gasteiger partial charge in [-0.3, -0.25) is 4.99 Å². The SMILES string of the molecule is I.NC(=NCCc1ccccc1)NCCNc1ncc(Cl)cc1Cl. The van der Waals surface area contributed by atoms with Crippen molar-refractivity contribution in [2.45, 2.75) is 6.42 Å². The first-order valence-corrected chi connectivity index (χ1v) is 8.03. The number of hydrogen-bond acceptors (Lipinski definition) is 3. The number of aromatic nitrogens is 1. The topological polar surface area (TPSA) is 75.3 Å². The van der Waals surface area contributed by atoms with E-state index in [2.05, 4.69) is 32.7 Å². The second-order valence-electron chi connectivity index (χ2n) is 4.84. The van der Waals surface area contributed by atoms with Gasteiger partial charge < -0.3 is 16.4 Å². The molecule has 0 atom stereocenters. The molecule has 5 nitrogen and oxygen atoms in total. The number of pyridine rings is 1. The van der Waals surface area contributed by atoms with Gasteiger partial charge in [-0.05, 0) is 18.1 Å². The Bertz CT molecular complexity index is 652. The van der Waals surface area contributed by atoms with E-state index < -0.39 is 0 Å². The lowest BCUT2D eigenvalue weighted by Gasteiger charge is -2.09. The summed E-state index contributed by atoms with van der Waals surface area (Å²) >= 11 is 11.8. The minimum Gasteiger partial charge on any atom is -0.370 e. The van der Waals surface area contributed by atoms with Crippen LogP contribution in [-0.2, 0) is 6.42 Å². The normalized spacial score (nSPS) is 10.8. The molecule has 1 heterocycles. The van der Waals surface area contributed by atoms with Crippen LogP contribution < -0.4 is 16.4 Å². The van der Waals surface area contributed by atoms with Crippen molar-refractivity contribution in [1.82, 2.24) is 10.3 Å². The highest BCUT2D eigenvalue weighted by molar-refractivity contribution is 14.0. The van der Waals surface area contributed by atoms with Crippen LogP contribution in [0.5, 0.6) is 0 Å². The van der Waals surface area contributed by atoms with Gasteiger partial charge in [-0.1, -0.05) is 53.5 Å². The Hall–Kier alpha value is -1.25. The van der Waals surface area contributed by atoms with E-state index in [1.807, 2.05) is 18.2 Å². The fourth-order valence-electron chi connectivity index (χ4n) is 1.92. The van der Waals surface area contributed by atoms with Crippen molar-refractivity contribution in [3.8, 4) is 0 Å². The quantitative estimate of drug-likeness (QED) is 0.245. The molecule has 2 aromatic rings. The van der Waals surface area contributed by atoms with Crippen molar-refractivity contribution in [3.63, 3.8) is 0 Å². The van der Waals surface area contributed by atoms with Crippen molar-refractivity contribution < 1.29 is 0 Å². The molecule has 0 unspecified atom stereocenters. The maximum absolute atomic E-state index is 6.02. The fraction of sp³-hybridized carbons (Fsp3) is 0.250. The van der Waals surface area contributed by atoms with Crippen LogP contribution in [0.25, 0.3) is 0 Å². The molecule has 0 radical (unpaired) electrons. The van der Waals surface area contributed by atoms with Crippen molar-refractivity contribution in [1.29, 1.82) is 0 Å². The first-order chi connectivity index (χ1) is 11.1. The van der Waals surface area contributed by atoms with Gasteiger partial charge in [0.1, 0.15) is 5.82 Å². The van der Waals surface area contributed by atoms with E-state index in [1.165, 1.54) is 5.56 Å². The third kappa shape index (κ3) is 7.55. The van der Waals surface area contributed by atoms with E-state index in [1.54, 1.807) is 12.3 Å². The predicted molar refractivity (Wildman–Crippen MR) is 113 cm³/mol. The summed E-state index contributed by atoms with van der Waals surface area (Å²) in [5, 5.41) is 7.14. The average molecular weight is 480 g/mol. The van der Waals surface area contributed by atoms with Gasteiger partial charge in [-0.25, -0.2) is 4.98 Å². The first kappa shape index (κ1) is 20.8. The fourth-order valence-corrected chi connectivity index (χ4v) is 2.37. The van der Waals surface area contributed by atoms with Crippen LogP contribution in [0.3, 0.4) is 0 Å². The molecule has 0 saturated heterocycles. The smallest absolute Gasteiger partial charge is 0.188 e. The molecule has 1 aromatic carbocycles. The maximum atomic E-state index is 6.02. The van der Waals surface area contributed by atoms with E-state index in [4.69, 9.17) is 28.9 Å². The number of anilines is 1. The zero-order chi connectivity index (χ0) is 16.5. The molecule has 0 amide bonds. The number of nitrogens with two attached hydrogens (primary N) is 1. The summed E-state index contributed by atoms with van der Waals surface area (Å²) in [6.07, 6.45) is 2.41. The lowest BCUT2D eigenvalue weighted by atomic mass is 10.2. The highest BCUT2D eigenvalue weighted by Gasteiger charge is 2.01. The van der Waals surface area contributed by atoms with E-state index >= 15 is 0 Å². The first-order valence-electron chi connectivity index (χ1n) is 7.28. The summed E-state index contributed by atoms with van der Waals surface area (Å²) in [6, 6.07) is 11.8. The van der Waals surface area contributed by atoms with E-state index in [0.717, 1.165) is 6.42 Å². The lowest BCUT2D eigenvalue weighted by Crippen LogP contribution is -2.35. The van der Waals surface area contributed by atoms with Gasteiger partial charge in [-0.15, -0.1) is 24.0 Å². The van der Waals surface area contributed by atoms with Gasteiger partial charge in [0.05, 0.1) is 10.0 Å². The number of aliphatic imine (C=N–C) groups is 1. The molecular weight excluding hydrogens is 460 g/mol. The van der Waals surface area contributed by atoms with Gasteiger partial charge in [0.15, 0.2) is 5.96 Å². The van der Waals surface area contributed by atoms with Gasteiger partial charge in [0, 0.05) is 25.8 Å². The van der Waals surface area contributed by atoms with Crippen molar-refractivity contribution >= 4 is 59.0 Å². The zero-order valence-corrected chi connectivity index (χ0v) is 16.8. The molecular formula is C16H20Cl2IN5. The van der Waals surface area contributed by atoms with Crippen molar-refractivity contribution in [2.24, 2.45) is 10.7 Å². The molecule has 130 valence electrons. The third-order valence-corrected chi connectivity index (χ3v) is 3.55. The summed E-state index contributed by atoms with van der Waals surface area (Å²) in [7, 11) is 0. The molecule has 0 saturated carbocycles. The van der Waals surface area contributed by atoms with Gasteiger partial charge in [0.25, 0.3) is 0 Å². The summed E-state index contributed by atoms with van der Waals surface area (Å²) in [4.78, 5) is 8.40. The van der Waals surface area contributed by atoms with Crippen LogP contribution in [0.4, 0.5) is 5.82 Å². The summed E-state index contributed by atoms with van der Waals surface area (Å²) in [5.41, 5.74) is 7.06. The Morgan fingerprint density at radius 3 is 2.62 bits per heavy atom. The minimum atomic E-state index is 0. The zero-order valence-electron chi connectivity index (χ0n) is 13.0. The second-order valence-corrected chi connectivity index (χ2v) is 5.68. The molecule has 0 aliphatic heterocycles.